The van der Waals surface area contributed by atoms with Crippen LogP contribution in [0.1, 0.15) is 66.7 Å². The lowest BCUT2D eigenvalue weighted by Crippen LogP contribution is -2.40. The highest BCUT2D eigenvalue weighted by molar-refractivity contribution is 4.81. The van der Waals surface area contributed by atoms with E-state index >= 15 is 0 Å². The minimum atomic E-state index is 0.361. The summed E-state index contributed by atoms with van der Waals surface area (Å²) < 4.78 is 5.87. The summed E-state index contributed by atoms with van der Waals surface area (Å²) in [4.78, 5) is 0. The highest BCUT2D eigenvalue weighted by atomic mass is 16.5. The van der Waals surface area contributed by atoms with Gasteiger partial charge in [0.1, 0.15) is 0 Å². The molecule has 3 unspecified atom stereocenters. The van der Waals surface area contributed by atoms with E-state index in [-0.39, 0.29) is 0 Å². The Labute approximate surface area is 108 Å². The fourth-order valence-electron chi connectivity index (χ4n) is 2.73. The Kier molecular flexibility index (Phi) is 5.94. The Morgan fingerprint density at radius 2 is 2.00 bits per heavy atom. The van der Waals surface area contributed by atoms with E-state index in [0.717, 1.165) is 6.54 Å². The minimum Gasteiger partial charge on any atom is -0.375 e. The van der Waals surface area contributed by atoms with Gasteiger partial charge in [-0.25, -0.2) is 0 Å². The molecule has 17 heavy (non-hydrogen) atoms. The van der Waals surface area contributed by atoms with Crippen molar-refractivity contribution in [1.29, 1.82) is 0 Å². The highest BCUT2D eigenvalue weighted by Crippen LogP contribution is 2.27. The van der Waals surface area contributed by atoms with Crippen LogP contribution in [0.25, 0.3) is 0 Å². The first-order valence-electron chi connectivity index (χ1n) is 7.32. The van der Waals surface area contributed by atoms with Crippen LogP contribution in [0.4, 0.5) is 0 Å². The standard InChI is InChI=1S/C15H31NO/c1-6-16-14(15(3,4)5)9-7-8-13-11-10-12(2)17-13/h12-14,16H,6-11H2,1-5H3. The molecule has 1 aliphatic heterocycles. The van der Waals surface area contributed by atoms with Gasteiger partial charge in [0.15, 0.2) is 0 Å². The molecule has 0 amide bonds. The van der Waals surface area contributed by atoms with E-state index in [0.29, 0.717) is 23.7 Å². The Morgan fingerprint density at radius 1 is 1.29 bits per heavy atom. The zero-order valence-electron chi connectivity index (χ0n) is 12.4. The summed E-state index contributed by atoms with van der Waals surface area (Å²) in [5.74, 6) is 0. The van der Waals surface area contributed by atoms with Crippen molar-refractivity contribution >= 4 is 0 Å². The molecule has 3 atom stereocenters. The lowest BCUT2D eigenvalue weighted by Gasteiger charge is -2.31. The molecule has 0 aliphatic carbocycles. The number of rotatable bonds is 6. The van der Waals surface area contributed by atoms with Crippen LogP contribution in [0.5, 0.6) is 0 Å². The van der Waals surface area contributed by atoms with Gasteiger partial charge in [-0.2, -0.15) is 0 Å². The maximum Gasteiger partial charge on any atom is 0.0579 e. The second-order valence-corrected chi connectivity index (χ2v) is 6.55. The average Bonchev–Trinajstić information content (AvgIpc) is 2.61. The first-order valence-corrected chi connectivity index (χ1v) is 7.32. The van der Waals surface area contributed by atoms with Crippen LogP contribution in [0, 0.1) is 5.41 Å². The van der Waals surface area contributed by atoms with Gasteiger partial charge >= 0.3 is 0 Å². The van der Waals surface area contributed by atoms with Crippen molar-refractivity contribution in [3.05, 3.63) is 0 Å². The fraction of sp³-hybridized carbons (Fsp3) is 1.00. The SMILES string of the molecule is CCNC(CCCC1CCC(C)O1)C(C)(C)C. The number of hydrogen-bond donors (Lipinski definition) is 1. The molecule has 102 valence electrons. The Balaban J connectivity index is 2.23. The molecular formula is C15H31NO. The van der Waals surface area contributed by atoms with Crippen molar-refractivity contribution in [1.82, 2.24) is 5.32 Å². The summed E-state index contributed by atoms with van der Waals surface area (Å²) >= 11 is 0. The molecule has 1 fully saturated rings. The van der Waals surface area contributed by atoms with Crippen LogP contribution in [0.15, 0.2) is 0 Å². The molecule has 1 rings (SSSR count). The molecule has 0 aromatic rings. The second kappa shape index (κ2) is 6.75. The van der Waals surface area contributed by atoms with Gasteiger partial charge in [-0.05, 0) is 51.0 Å². The van der Waals surface area contributed by atoms with Crippen molar-refractivity contribution in [3.8, 4) is 0 Å². The molecule has 0 aromatic heterocycles. The van der Waals surface area contributed by atoms with Crippen molar-refractivity contribution < 1.29 is 4.74 Å². The van der Waals surface area contributed by atoms with Crippen LogP contribution in [-0.4, -0.2) is 24.8 Å². The molecule has 1 N–H and O–H groups in total. The maximum atomic E-state index is 5.87. The summed E-state index contributed by atoms with van der Waals surface area (Å²) in [6.45, 7) is 12.4. The summed E-state index contributed by atoms with van der Waals surface area (Å²) in [6.07, 6.45) is 7.34. The van der Waals surface area contributed by atoms with Gasteiger partial charge in [0.25, 0.3) is 0 Å². The van der Waals surface area contributed by atoms with Crippen LogP contribution >= 0.6 is 0 Å². The summed E-state index contributed by atoms with van der Waals surface area (Å²) in [7, 11) is 0. The number of hydrogen-bond acceptors (Lipinski definition) is 2. The lowest BCUT2D eigenvalue weighted by atomic mass is 9.83. The highest BCUT2D eigenvalue weighted by Gasteiger charge is 2.25. The Morgan fingerprint density at radius 3 is 2.47 bits per heavy atom. The summed E-state index contributed by atoms with van der Waals surface area (Å²) in [6, 6.07) is 0.631. The molecule has 0 aromatic carbocycles. The third kappa shape index (κ3) is 5.39. The third-order valence-corrected chi connectivity index (χ3v) is 3.83. The van der Waals surface area contributed by atoms with Crippen LogP contribution in [-0.2, 0) is 4.74 Å². The third-order valence-electron chi connectivity index (χ3n) is 3.83. The Hall–Kier alpha value is -0.0800. The fourth-order valence-corrected chi connectivity index (χ4v) is 2.73. The molecule has 2 nitrogen and oxygen atoms in total. The van der Waals surface area contributed by atoms with Gasteiger partial charge in [-0.15, -0.1) is 0 Å². The van der Waals surface area contributed by atoms with E-state index < -0.39 is 0 Å². The quantitative estimate of drug-likeness (QED) is 0.764. The van der Waals surface area contributed by atoms with Gasteiger partial charge < -0.3 is 10.1 Å². The number of nitrogens with one attached hydrogen (secondary N) is 1. The van der Waals surface area contributed by atoms with Gasteiger partial charge in [-0.3, -0.25) is 0 Å². The van der Waals surface area contributed by atoms with Gasteiger partial charge in [0.05, 0.1) is 12.2 Å². The smallest absolute Gasteiger partial charge is 0.0579 e. The Bertz CT molecular complexity index is 209. The van der Waals surface area contributed by atoms with Crippen molar-refractivity contribution in [2.75, 3.05) is 6.54 Å². The number of ether oxygens (including phenoxy) is 1. The molecule has 0 radical (unpaired) electrons. The van der Waals surface area contributed by atoms with E-state index in [4.69, 9.17) is 4.74 Å². The van der Waals surface area contributed by atoms with Gasteiger partial charge in [0, 0.05) is 6.04 Å². The van der Waals surface area contributed by atoms with Crippen molar-refractivity contribution in [2.45, 2.75) is 85.0 Å². The topological polar surface area (TPSA) is 21.3 Å². The first kappa shape index (κ1) is 15.0. The molecular weight excluding hydrogens is 210 g/mol. The lowest BCUT2D eigenvalue weighted by molar-refractivity contribution is 0.0483. The predicted molar refractivity (Wildman–Crippen MR) is 74.3 cm³/mol. The van der Waals surface area contributed by atoms with Crippen molar-refractivity contribution in [2.24, 2.45) is 5.41 Å². The predicted octanol–water partition coefficient (Wildman–Crippen LogP) is 3.75. The average molecular weight is 241 g/mol. The van der Waals surface area contributed by atoms with E-state index in [9.17, 15) is 0 Å². The van der Waals surface area contributed by atoms with E-state index in [1.54, 1.807) is 0 Å². The van der Waals surface area contributed by atoms with E-state index in [1.165, 1.54) is 32.1 Å². The molecule has 2 heteroatoms. The normalized spacial score (nSPS) is 27.4. The second-order valence-electron chi connectivity index (χ2n) is 6.55. The molecule has 1 saturated heterocycles. The molecule has 0 saturated carbocycles. The summed E-state index contributed by atoms with van der Waals surface area (Å²) in [5.41, 5.74) is 0.361. The minimum absolute atomic E-state index is 0.361. The van der Waals surface area contributed by atoms with Crippen molar-refractivity contribution in [3.63, 3.8) is 0 Å². The van der Waals surface area contributed by atoms with Gasteiger partial charge in [-0.1, -0.05) is 27.7 Å². The first-order chi connectivity index (χ1) is 7.93. The van der Waals surface area contributed by atoms with E-state index in [2.05, 4.69) is 39.9 Å². The molecule has 0 bridgehead atoms. The van der Waals surface area contributed by atoms with E-state index in [1.807, 2.05) is 0 Å². The monoisotopic (exact) mass is 241 g/mol. The summed E-state index contributed by atoms with van der Waals surface area (Å²) in [5, 5.41) is 3.62. The molecule has 0 spiro atoms. The zero-order valence-corrected chi connectivity index (χ0v) is 12.4. The largest absolute Gasteiger partial charge is 0.375 e. The van der Waals surface area contributed by atoms with Crippen LogP contribution in [0.2, 0.25) is 0 Å². The van der Waals surface area contributed by atoms with Crippen LogP contribution < -0.4 is 5.32 Å². The van der Waals surface area contributed by atoms with Crippen LogP contribution in [0.3, 0.4) is 0 Å². The maximum absolute atomic E-state index is 5.87. The molecule has 1 heterocycles. The van der Waals surface area contributed by atoms with Gasteiger partial charge in [0.2, 0.25) is 0 Å². The molecule has 1 aliphatic rings. The zero-order chi connectivity index (χ0) is 12.9.